The number of nitrogens with zero attached hydrogens (tertiary/aromatic N) is 3. The van der Waals surface area contributed by atoms with Crippen molar-refractivity contribution in [3.05, 3.63) is 68.9 Å². The van der Waals surface area contributed by atoms with E-state index < -0.39 is 0 Å². The molecule has 9 heteroatoms. The van der Waals surface area contributed by atoms with E-state index in [0.717, 1.165) is 15.6 Å². The monoisotopic (exact) mass is 453 g/mol. The maximum absolute atomic E-state index is 13.1. The van der Waals surface area contributed by atoms with Crippen LogP contribution in [-0.2, 0) is 4.79 Å². The zero-order chi connectivity index (χ0) is 20.3. The van der Waals surface area contributed by atoms with Gasteiger partial charge in [0.1, 0.15) is 5.82 Å². The zero-order valence-corrected chi connectivity index (χ0v) is 18.3. The van der Waals surface area contributed by atoms with Gasteiger partial charge in [0.15, 0.2) is 8.29 Å². The van der Waals surface area contributed by atoms with Crippen molar-refractivity contribution in [2.45, 2.75) is 17.3 Å². The summed E-state index contributed by atoms with van der Waals surface area (Å²) in [5.74, 6) is -0.0933. The summed E-state index contributed by atoms with van der Waals surface area (Å²) in [5.41, 5.74) is 1.70. The molecule has 2 aromatic carbocycles. The molecule has 0 saturated heterocycles. The topological polar surface area (TPSA) is 38.1 Å². The molecule has 146 valence electrons. The lowest BCUT2D eigenvalue weighted by Crippen LogP contribution is -2.31. The molecule has 0 aliphatic rings. The van der Waals surface area contributed by atoms with Crippen molar-refractivity contribution in [3.63, 3.8) is 0 Å². The molecule has 1 heterocycles. The van der Waals surface area contributed by atoms with E-state index in [-0.39, 0.29) is 23.5 Å². The second-order valence-corrected chi connectivity index (χ2v) is 9.32. The second kappa shape index (κ2) is 9.17. The summed E-state index contributed by atoms with van der Waals surface area (Å²) in [5, 5.41) is 5.13. The Morgan fingerprint density at radius 2 is 1.93 bits per heavy atom. The van der Waals surface area contributed by atoms with E-state index in [9.17, 15) is 9.18 Å². The third kappa shape index (κ3) is 5.00. The third-order valence-electron chi connectivity index (χ3n) is 4.25. The lowest BCUT2D eigenvalue weighted by atomic mass is 10.1. The normalized spacial score (nSPS) is 12.0. The molecule has 0 saturated carbocycles. The Labute approximate surface area is 181 Å². The fourth-order valence-electron chi connectivity index (χ4n) is 2.47. The van der Waals surface area contributed by atoms with Crippen LogP contribution in [0.3, 0.4) is 0 Å². The number of rotatable bonds is 6. The molecule has 28 heavy (non-hydrogen) atoms. The maximum Gasteiger partial charge on any atom is 0.233 e. The van der Waals surface area contributed by atoms with Gasteiger partial charge in [-0.3, -0.25) is 4.79 Å². The number of aromatic nitrogens is 2. The van der Waals surface area contributed by atoms with Gasteiger partial charge >= 0.3 is 0 Å². The highest BCUT2D eigenvalue weighted by Gasteiger charge is 2.18. The summed E-state index contributed by atoms with van der Waals surface area (Å²) in [7, 11) is 1.74. The molecule has 0 N–H and O–H groups in total. The highest BCUT2D eigenvalue weighted by molar-refractivity contribution is 8.01. The van der Waals surface area contributed by atoms with Crippen LogP contribution in [0.2, 0.25) is 5.02 Å². The van der Waals surface area contributed by atoms with Crippen molar-refractivity contribution in [3.8, 4) is 5.69 Å². The van der Waals surface area contributed by atoms with E-state index in [1.54, 1.807) is 40.9 Å². The van der Waals surface area contributed by atoms with Crippen LogP contribution < -0.4 is 0 Å². The van der Waals surface area contributed by atoms with Crippen LogP contribution in [0.5, 0.6) is 0 Å². The Morgan fingerprint density at radius 3 is 2.57 bits per heavy atom. The highest BCUT2D eigenvalue weighted by Crippen LogP contribution is 2.26. The molecule has 0 fully saturated rings. The minimum atomic E-state index is -0.294. The minimum Gasteiger partial charge on any atom is -0.338 e. The highest BCUT2D eigenvalue weighted by atomic mass is 35.5. The van der Waals surface area contributed by atoms with Crippen LogP contribution in [-0.4, -0.2) is 33.4 Å². The Kier molecular flexibility index (Phi) is 6.87. The van der Waals surface area contributed by atoms with Crippen molar-refractivity contribution in [1.29, 1.82) is 0 Å². The van der Waals surface area contributed by atoms with E-state index >= 15 is 0 Å². The Morgan fingerprint density at radius 1 is 1.29 bits per heavy atom. The Bertz CT molecular complexity index is 1020. The zero-order valence-electron chi connectivity index (χ0n) is 15.1. The molecule has 3 aromatic rings. The second-order valence-electron chi connectivity index (χ2n) is 6.04. The van der Waals surface area contributed by atoms with Crippen molar-refractivity contribution in [2.75, 3.05) is 12.8 Å². The number of carbonyl (C=O) groups is 1. The molecule has 0 aliphatic heterocycles. The van der Waals surface area contributed by atoms with E-state index in [1.165, 1.54) is 35.2 Å². The molecule has 0 aliphatic carbocycles. The van der Waals surface area contributed by atoms with Crippen molar-refractivity contribution < 1.29 is 9.18 Å². The van der Waals surface area contributed by atoms with Gasteiger partial charge in [0.25, 0.3) is 0 Å². The summed E-state index contributed by atoms with van der Waals surface area (Å²) in [6, 6.07) is 13.3. The van der Waals surface area contributed by atoms with Crippen LogP contribution in [0.1, 0.15) is 18.5 Å². The number of benzene rings is 2. The van der Waals surface area contributed by atoms with Crippen molar-refractivity contribution in [1.82, 2.24) is 14.7 Å². The van der Waals surface area contributed by atoms with Crippen LogP contribution >= 0.6 is 46.9 Å². The molecule has 3 rings (SSSR count). The molecule has 4 nitrogen and oxygen atoms in total. The molecular formula is C19H17ClFN3OS3. The van der Waals surface area contributed by atoms with E-state index in [4.69, 9.17) is 23.8 Å². The van der Waals surface area contributed by atoms with Crippen molar-refractivity contribution in [2.24, 2.45) is 0 Å². The number of amides is 1. The predicted molar refractivity (Wildman–Crippen MR) is 116 cm³/mol. The van der Waals surface area contributed by atoms with E-state index in [1.807, 2.05) is 19.1 Å². The summed E-state index contributed by atoms with van der Waals surface area (Å²) < 4.78 is 16.1. The molecule has 1 unspecified atom stereocenters. The largest absolute Gasteiger partial charge is 0.338 e. The molecule has 0 bridgehead atoms. The lowest BCUT2D eigenvalue weighted by molar-refractivity contribution is -0.128. The molecular weight excluding hydrogens is 437 g/mol. The standard InChI is InChI=1S/C19H17ClFN3OS3/c1-12(13-3-7-15(21)8-4-13)23(2)17(25)11-27-18-22-24(19(26)28-18)16-9-5-14(20)6-10-16/h3-10,12H,11H2,1-2H3. The van der Waals surface area contributed by atoms with Crippen LogP contribution in [0, 0.1) is 9.77 Å². The van der Waals surface area contributed by atoms with Crippen LogP contribution in [0.25, 0.3) is 5.69 Å². The number of hydrogen-bond acceptors (Lipinski definition) is 5. The van der Waals surface area contributed by atoms with Gasteiger partial charge in [0.2, 0.25) is 5.91 Å². The van der Waals surface area contributed by atoms with Gasteiger partial charge in [0, 0.05) is 12.1 Å². The fraction of sp³-hybridized carbons (Fsp3) is 0.211. The Balaban J connectivity index is 1.64. The smallest absolute Gasteiger partial charge is 0.233 e. The number of hydrogen-bond donors (Lipinski definition) is 0. The van der Waals surface area contributed by atoms with Gasteiger partial charge in [-0.05, 0) is 61.1 Å². The lowest BCUT2D eigenvalue weighted by Gasteiger charge is -2.25. The summed E-state index contributed by atoms with van der Waals surface area (Å²) >= 11 is 14.0. The fourth-order valence-corrected chi connectivity index (χ4v) is 4.88. The molecule has 1 aromatic heterocycles. The van der Waals surface area contributed by atoms with Crippen LogP contribution in [0.15, 0.2) is 52.9 Å². The summed E-state index contributed by atoms with van der Waals surface area (Å²) in [6.07, 6.45) is 0. The minimum absolute atomic E-state index is 0.0408. The predicted octanol–water partition coefficient (Wildman–Crippen LogP) is 5.77. The average molecular weight is 454 g/mol. The first-order valence-corrected chi connectivity index (χ1v) is 10.9. The average Bonchev–Trinajstić information content (AvgIpc) is 3.06. The number of carbonyl (C=O) groups excluding carboxylic acids is 1. The molecule has 1 amide bonds. The third-order valence-corrected chi connectivity index (χ3v) is 6.85. The molecule has 0 spiro atoms. The summed E-state index contributed by atoms with van der Waals surface area (Å²) in [6.45, 7) is 1.91. The van der Waals surface area contributed by atoms with Gasteiger partial charge < -0.3 is 4.90 Å². The molecule has 1 atom stereocenters. The van der Waals surface area contributed by atoms with Crippen molar-refractivity contribution >= 4 is 52.8 Å². The summed E-state index contributed by atoms with van der Waals surface area (Å²) in [4.78, 5) is 14.2. The first-order chi connectivity index (χ1) is 13.3. The molecule has 0 radical (unpaired) electrons. The van der Waals surface area contributed by atoms with Crippen LogP contribution in [0.4, 0.5) is 4.39 Å². The number of thioether (sulfide) groups is 1. The maximum atomic E-state index is 13.1. The quantitative estimate of drug-likeness (QED) is 0.351. The van der Waals surface area contributed by atoms with Gasteiger partial charge in [-0.2, -0.15) is 0 Å². The van der Waals surface area contributed by atoms with Gasteiger partial charge in [-0.15, -0.1) is 5.10 Å². The van der Waals surface area contributed by atoms with Gasteiger partial charge in [-0.1, -0.05) is 46.8 Å². The van der Waals surface area contributed by atoms with E-state index in [0.29, 0.717) is 8.98 Å². The van der Waals surface area contributed by atoms with Gasteiger partial charge in [-0.25, -0.2) is 9.07 Å². The Hall–Kier alpha value is -1.74. The first-order valence-electron chi connectivity index (χ1n) is 8.35. The van der Waals surface area contributed by atoms with E-state index in [2.05, 4.69) is 5.10 Å². The van der Waals surface area contributed by atoms with Gasteiger partial charge in [0.05, 0.1) is 17.5 Å². The first kappa shape index (κ1) is 21.0. The number of halogens is 2. The SMILES string of the molecule is CC(c1ccc(F)cc1)N(C)C(=O)CSc1nn(-c2ccc(Cl)cc2)c(=S)s1.